The van der Waals surface area contributed by atoms with Gasteiger partial charge in [-0.15, -0.1) is 0 Å². The van der Waals surface area contributed by atoms with Crippen LogP contribution < -0.4 is 10.1 Å². The van der Waals surface area contributed by atoms with Crippen LogP contribution in [0, 0.1) is 0 Å². The van der Waals surface area contributed by atoms with Crippen molar-refractivity contribution in [3.8, 4) is 5.75 Å². The van der Waals surface area contributed by atoms with Crippen molar-refractivity contribution in [3.05, 3.63) is 70.6 Å². The van der Waals surface area contributed by atoms with Gasteiger partial charge in [0.2, 0.25) is 5.91 Å². The Hall–Kier alpha value is -3.17. The number of benzene rings is 2. The highest BCUT2D eigenvalue weighted by molar-refractivity contribution is 8.26. The second kappa shape index (κ2) is 12.9. The second-order valence-corrected chi connectivity index (χ2v) is 9.34. The van der Waals surface area contributed by atoms with Gasteiger partial charge in [-0.05, 0) is 42.2 Å². The van der Waals surface area contributed by atoms with E-state index in [4.69, 9.17) is 22.1 Å². The summed E-state index contributed by atoms with van der Waals surface area (Å²) < 4.78 is 6.39. The minimum Gasteiger partial charge on any atom is -0.489 e. The van der Waals surface area contributed by atoms with Gasteiger partial charge in [0.25, 0.3) is 5.91 Å². The number of aliphatic carboxylic acids is 1. The number of rotatable bonds is 12. The third-order valence-corrected chi connectivity index (χ3v) is 6.38. The topological polar surface area (TPSA) is 95.9 Å². The molecule has 2 amide bonds. The molecule has 7 nitrogen and oxygen atoms in total. The van der Waals surface area contributed by atoms with E-state index in [1.165, 1.54) is 11.8 Å². The summed E-state index contributed by atoms with van der Waals surface area (Å²) in [6.45, 7) is 0.580. The Morgan fingerprint density at radius 2 is 1.88 bits per heavy atom. The molecule has 2 N–H and O–H groups in total. The zero-order valence-corrected chi connectivity index (χ0v) is 20.2. The van der Waals surface area contributed by atoms with Crippen molar-refractivity contribution in [1.29, 1.82) is 0 Å². The number of hydrogen-bond donors (Lipinski definition) is 2. The fourth-order valence-electron chi connectivity index (χ4n) is 3.27. The number of thiocarbonyl (C=S) groups is 1. The predicted molar refractivity (Wildman–Crippen MR) is 136 cm³/mol. The quantitative estimate of drug-likeness (QED) is 0.257. The lowest BCUT2D eigenvalue weighted by Crippen LogP contribution is -2.29. The number of thioether (sulfide) groups is 1. The summed E-state index contributed by atoms with van der Waals surface area (Å²) in [6.07, 6.45) is 4.13. The van der Waals surface area contributed by atoms with Gasteiger partial charge < -0.3 is 15.2 Å². The number of carbonyl (C=O) groups is 3. The van der Waals surface area contributed by atoms with Gasteiger partial charge in [-0.3, -0.25) is 19.3 Å². The summed E-state index contributed by atoms with van der Waals surface area (Å²) in [5, 5.41) is 10.9. The molecule has 1 aliphatic heterocycles. The molecule has 1 heterocycles. The second-order valence-electron chi connectivity index (χ2n) is 7.66. The van der Waals surface area contributed by atoms with Gasteiger partial charge >= 0.3 is 5.97 Å². The predicted octanol–water partition coefficient (Wildman–Crippen LogP) is 4.23. The van der Waals surface area contributed by atoms with E-state index in [-0.39, 0.29) is 24.8 Å². The first-order valence-corrected chi connectivity index (χ1v) is 12.2. The highest BCUT2D eigenvalue weighted by atomic mass is 32.2. The molecule has 3 rings (SSSR count). The van der Waals surface area contributed by atoms with Gasteiger partial charge in [0, 0.05) is 13.0 Å². The number of ether oxygens (including phenoxy) is 1. The first kappa shape index (κ1) is 25.5. The number of carboxylic acid groups (broad SMARTS) is 1. The third-order valence-electron chi connectivity index (χ3n) is 5.00. The van der Waals surface area contributed by atoms with Crippen molar-refractivity contribution in [2.24, 2.45) is 0 Å². The van der Waals surface area contributed by atoms with E-state index < -0.39 is 5.97 Å². The maximum absolute atomic E-state index is 12.8. The van der Waals surface area contributed by atoms with Gasteiger partial charge in [-0.2, -0.15) is 0 Å². The molecular formula is C25H26N2O5S2. The lowest BCUT2D eigenvalue weighted by molar-refractivity contribution is -0.137. The third kappa shape index (κ3) is 8.00. The minimum atomic E-state index is -1.07. The molecule has 34 heavy (non-hydrogen) atoms. The fraction of sp³-hybridized carbons (Fsp3) is 0.280. The molecule has 2 aromatic carbocycles. The Bertz CT molecular complexity index is 1070. The van der Waals surface area contributed by atoms with E-state index in [0.29, 0.717) is 35.2 Å². The monoisotopic (exact) mass is 498 g/mol. The molecule has 0 aliphatic carbocycles. The number of nitrogens with one attached hydrogen (secondary N) is 1. The van der Waals surface area contributed by atoms with Crippen LogP contribution in [0.2, 0.25) is 0 Å². The van der Waals surface area contributed by atoms with Crippen molar-refractivity contribution >= 4 is 52.2 Å². The van der Waals surface area contributed by atoms with Crippen LogP contribution in [0.1, 0.15) is 36.8 Å². The Morgan fingerprint density at radius 3 is 2.65 bits per heavy atom. The molecule has 178 valence electrons. The van der Waals surface area contributed by atoms with E-state index in [0.717, 1.165) is 23.3 Å². The van der Waals surface area contributed by atoms with Crippen LogP contribution >= 0.6 is 24.0 Å². The average Bonchev–Trinajstić information content (AvgIpc) is 3.09. The lowest BCUT2D eigenvalue weighted by atomic mass is 10.1. The summed E-state index contributed by atoms with van der Waals surface area (Å²) in [5.74, 6) is -0.751. The fourth-order valence-corrected chi connectivity index (χ4v) is 4.58. The SMILES string of the molecule is O=C(O)CNC(=O)CCCCCN1C(=O)/C(=C/c2cccc(OCc3ccccc3)c2)SC1=S. The summed E-state index contributed by atoms with van der Waals surface area (Å²) in [7, 11) is 0. The Labute approximate surface area is 208 Å². The van der Waals surface area contributed by atoms with E-state index in [1.54, 1.807) is 4.90 Å². The Morgan fingerprint density at radius 1 is 1.09 bits per heavy atom. The molecule has 0 radical (unpaired) electrons. The van der Waals surface area contributed by atoms with Gasteiger partial charge in [0.1, 0.15) is 23.2 Å². The van der Waals surface area contributed by atoms with Crippen LogP contribution in [-0.2, 0) is 21.0 Å². The molecule has 0 atom stereocenters. The van der Waals surface area contributed by atoms with Crippen LogP contribution in [0.25, 0.3) is 6.08 Å². The van der Waals surface area contributed by atoms with Gasteiger partial charge in [-0.1, -0.05) is 72.9 Å². The molecule has 0 bridgehead atoms. The molecule has 1 aliphatic rings. The molecule has 0 saturated carbocycles. The van der Waals surface area contributed by atoms with E-state index in [9.17, 15) is 14.4 Å². The standard InChI is InChI=1S/C25H26N2O5S2/c28-22(26-16-23(29)30)12-5-2-6-13-27-24(31)21(34-25(27)33)15-19-10-7-11-20(14-19)32-17-18-8-3-1-4-9-18/h1,3-4,7-11,14-15H,2,5-6,12-13,16-17H2,(H,26,28)(H,29,30)/b21-15-. The number of carbonyl (C=O) groups excluding carboxylic acids is 2. The van der Waals surface area contributed by atoms with Gasteiger partial charge in [0.05, 0.1) is 4.91 Å². The highest BCUT2D eigenvalue weighted by Gasteiger charge is 2.31. The molecular weight excluding hydrogens is 472 g/mol. The molecule has 1 saturated heterocycles. The summed E-state index contributed by atoms with van der Waals surface area (Å²) >= 11 is 6.67. The van der Waals surface area contributed by atoms with Gasteiger partial charge in [0.15, 0.2) is 0 Å². The highest BCUT2D eigenvalue weighted by Crippen LogP contribution is 2.33. The molecule has 1 fully saturated rings. The Kier molecular flexibility index (Phi) is 9.66. The van der Waals surface area contributed by atoms with Crippen molar-refractivity contribution in [2.45, 2.75) is 32.3 Å². The van der Waals surface area contributed by atoms with Crippen LogP contribution in [0.15, 0.2) is 59.5 Å². The summed E-state index contributed by atoms with van der Waals surface area (Å²) in [4.78, 5) is 37.0. The number of nitrogens with zero attached hydrogens (tertiary/aromatic N) is 1. The van der Waals surface area contributed by atoms with Crippen molar-refractivity contribution < 1.29 is 24.2 Å². The van der Waals surface area contributed by atoms with Crippen molar-refractivity contribution in [3.63, 3.8) is 0 Å². The van der Waals surface area contributed by atoms with Crippen molar-refractivity contribution in [2.75, 3.05) is 13.1 Å². The molecule has 2 aromatic rings. The maximum Gasteiger partial charge on any atom is 0.322 e. The van der Waals surface area contributed by atoms with E-state index in [2.05, 4.69) is 5.32 Å². The van der Waals surface area contributed by atoms with Crippen LogP contribution in [0.3, 0.4) is 0 Å². The zero-order valence-electron chi connectivity index (χ0n) is 18.6. The van der Waals surface area contributed by atoms with Crippen LogP contribution in [0.5, 0.6) is 5.75 Å². The smallest absolute Gasteiger partial charge is 0.322 e. The minimum absolute atomic E-state index is 0.121. The molecule has 0 spiro atoms. The van der Waals surface area contributed by atoms with Crippen molar-refractivity contribution in [1.82, 2.24) is 10.2 Å². The number of carboxylic acids is 1. The zero-order chi connectivity index (χ0) is 24.3. The first-order chi connectivity index (χ1) is 16.4. The van der Waals surface area contributed by atoms with Gasteiger partial charge in [-0.25, -0.2) is 0 Å². The van der Waals surface area contributed by atoms with Crippen LogP contribution in [0.4, 0.5) is 0 Å². The average molecular weight is 499 g/mol. The number of unbranched alkanes of at least 4 members (excludes halogenated alkanes) is 2. The summed E-state index contributed by atoms with van der Waals surface area (Å²) in [6, 6.07) is 17.5. The van der Waals surface area contributed by atoms with E-state index in [1.807, 2.05) is 60.7 Å². The van der Waals surface area contributed by atoms with Crippen LogP contribution in [-0.4, -0.2) is 45.2 Å². The number of hydrogen-bond acceptors (Lipinski definition) is 6. The lowest BCUT2D eigenvalue weighted by Gasteiger charge is -2.14. The number of amides is 2. The molecule has 0 aromatic heterocycles. The Balaban J connectivity index is 1.47. The summed E-state index contributed by atoms with van der Waals surface area (Å²) in [5.41, 5.74) is 1.94. The normalized spacial score (nSPS) is 14.5. The van der Waals surface area contributed by atoms with E-state index >= 15 is 0 Å². The first-order valence-electron chi connectivity index (χ1n) is 10.9. The molecule has 0 unspecified atom stereocenters. The molecule has 9 heteroatoms. The maximum atomic E-state index is 12.8. The largest absolute Gasteiger partial charge is 0.489 e.